The molecule has 3 N–H and O–H groups in total. The number of ether oxygens (including phenoxy) is 3. The van der Waals surface area contributed by atoms with Crippen molar-refractivity contribution in [2.45, 2.75) is 214 Å². The molecule has 0 aromatic rings. The van der Waals surface area contributed by atoms with Gasteiger partial charge in [0.05, 0.1) is 6.10 Å². The predicted octanol–water partition coefficient (Wildman–Crippen LogP) is 11.0. The van der Waals surface area contributed by atoms with Gasteiger partial charge < -0.3 is 29.5 Å². The molecule has 0 radical (unpaired) electrons. The molecular formula is C50H84O7. The number of fused-ring (bicyclic) bond motifs is 5. The summed E-state index contributed by atoms with van der Waals surface area (Å²) < 4.78 is 18.0. The molecule has 0 bridgehead atoms. The summed E-state index contributed by atoms with van der Waals surface area (Å²) in [6.45, 7) is 16.6. The van der Waals surface area contributed by atoms with Crippen LogP contribution >= 0.6 is 0 Å². The van der Waals surface area contributed by atoms with E-state index in [0.717, 1.165) is 75.5 Å². The monoisotopic (exact) mass is 797 g/mol. The molecule has 4 aliphatic carbocycles. The van der Waals surface area contributed by atoms with Gasteiger partial charge in [-0.3, -0.25) is 4.79 Å². The molecule has 7 heteroatoms. The number of aliphatic hydroxyl groups is 3. The van der Waals surface area contributed by atoms with E-state index in [-0.39, 0.29) is 24.1 Å². The number of unbranched alkanes of at least 4 members (excludes halogenated alkanes) is 9. The topological polar surface area (TPSA) is 105 Å². The van der Waals surface area contributed by atoms with Crippen molar-refractivity contribution in [3.05, 3.63) is 36.0 Å². The lowest BCUT2D eigenvalue weighted by Crippen LogP contribution is -2.60. The standard InChI is InChI=1S/C50H84O7/c1-8-9-10-11-12-13-14-15-16-17-18-19-20-21-44(51)55-33-43-45(52)46(53)47(54)48(57-43)56-38-28-30-49(6)37(32-38)24-25-39-41-27-26-40(50(41,7)31-29-42(39)49)36(5)23-22-35(4)34(2)3/h13-14,22-24,34-36,38-43,45-48,52-54H,8-12,15-21,25-33H2,1-7H3/b14-13-,23-22+. The van der Waals surface area contributed by atoms with Gasteiger partial charge in [-0.2, -0.15) is 0 Å². The van der Waals surface area contributed by atoms with Gasteiger partial charge in [0.1, 0.15) is 31.0 Å². The van der Waals surface area contributed by atoms with Gasteiger partial charge in [0, 0.05) is 6.42 Å². The highest BCUT2D eigenvalue weighted by molar-refractivity contribution is 5.69. The molecule has 14 unspecified atom stereocenters. The van der Waals surface area contributed by atoms with E-state index in [1.807, 2.05) is 0 Å². The number of carbonyl (C=O) groups excluding carboxylic acids is 1. The second kappa shape index (κ2) is 21.8. The molecule has 0 amide bonds. The van der Waals surface area contributed by atoms with Crippen LogP contribution < -0.4 is 0 Å². The maximum atomic E-state index is 12.6. The summed E-state index contributed by atoms with van der Waals surface area (Å²) in [7, 11) is 0. The summed E-state index contributed by atoms with van der Waals surface area (Å²) >= 11 is 0. The molecule has 1 saturated heterocycles. The van der Waals surface area contributed by atoms with Crippen molar-refractivity contribution in [2.24, 2.45) is 52.3 Å². The molecule has 57 heavy (non-hydrogen) atoms. The number of allylic oxidation sites excluding steroid dienone is 5. The van der Waals surface area contributed by atoms with Crippen molar-refractivity contribution in [3.8, 4) is 0 Å². The molecule has 4 fully saturated rings. The number of carbonyl (C=O) groups is 1. The molecule has 5 aliphatic rings. The maximum absolute atomic E-state index is 12.6. The highest BCUT2D eigenvalue weighted by atomic mass is 16.7. The van der Waals surface area contributed by atoms with Crippen LogP contribution in [0.4, 0.5) is 0 Å². The average molecular weight is 797 g/mol. The van der Waals surface area contributed by atoms with Crippen LogP contribution in [0.2, 0.25) is 0 Å². The molecule has 1 aliphatic heterocycles. The van der Waals surface area contributed by atoms with E-state index in [1.54, 1.807) is 0 Å². The van der Waals surface area contributed by atoms with Crippen LogP contribution in [0.3, 0.4) is 0 Å². The third-order valence-electron chi connectivity index (χ3n) is 16.1. The molecule has 3 saturated carbocycles. The number of hydrogen-bond acceptors (Lipinski definition) is 7. The number of esters is 1. The maximum Gasteiger partial charge on any atom is 0.305 e. The van der Waals surface area contributed by atoms with E-state index in [0.29, 0.717) is 35.5 Å². The number of rotatable bonds is 21. The van der Waals surface area contributed by atoms with Crippen molar-refractivity contribution in [3.63, 3.8) is 0 Å². The Balaban J connectivity index is 1.05. The quantitative estimate of drug-likeness (QED) is 0.0603. The molecule has 0 spiro atoms. The van der Waals surface area contributed by atoms with Gasteiger partial charge in [0.15, 0.2) is 6.29 Å². The predicted molar refractivity (Wildman–Crippen MR) is 230 cm³/mol. The minimum Gasteiger partial charge on any atom is -0.463 e. The summed E-state index contributed by atoms with van der Waals surface area (Å²) in [6, 6.07) is 0. The van der Waals surface area contributed by atoms with Crippen LogP contribution in [-0.2, 0) is 19.0 Å². The summed E-state index contributed by atoms with van der Waals surface area (Å²) in [4.78, 5) is 12.6. The fourth-order valence-electron chi connectivity index (χ4n) is 11.9. The van der Waals surface area contributed by atoms with Crippen LogP contribution in [0.25, 0.3) is 0 Å². The van der Waals surface area contributed by atoms with E-state index in [1.165, 1.54) is 69.8 Å². The van der Waals surface area contributed by atoms with Gasteiger partial charge in [0.2, 0.25) is 0 Å². The van der Waals surface area contributed by atoms with Crippen molar-refractivity contribution >= 4 is 5.97 Å². The Morgan fingerprint density at radius 1 is 0.842 bits per heavy atom. The van der Waals surface area contributed by atoms with E-state index in [2.05, 4.69) is 78.8 Å². The first kappa shape index (κ1) is 46.6. The normalized spacial score (nSPS) is 37.8. The largest absolute Gasteiger partial charge is 0.463 e. The van der Waals surface area contributed by atoms with Gasteiger partial charge in [-0.15, -0.1) is 0 Å². The Kier molecular flexibility index (Phi) is 17.8. The van der Waals surface area contributed by atoms with Crippen LogP contribution in [0, 0.1) is 52.3 Å². The molecule has 1 heterocycles. The summed E-state index contributed by atoms with van der Waals surface area (Å²) in [5.74, 6) is 4.53. The Morgan fingerprint density at radius 2 is 1.54 bits per heavy atom. The van der Waals surface area contributed by atoms with Crippen LogP contribution in [-0.4, -0.2) is 64.7 Å². The molecule has 0 aromatic heterocycles. The van der Waals surface area contributed by atoms with Gasteiger partial charge in [-0.25, -0.2) is 0 Å². The minimum absolute atomic E-state index is 0.150. The molecular weight excluding hydrogens is 713 g/mol. The average Bonchev–Trinajstić information content (AvgIpc) is 3.55. The van der Waals surface area contributed by atoms with Crippen LogP contribution in [0.15, 0.2) is 36.0 Å². The molecule has 5 rings (SSSR count). The summed E-state index contributed by atoms with van der Waals surface area (Å²) in [5, 5.41) is 32.4. The van der Waals surface area contributed by atoms with Crippen molar-refractivity contribution in [2.75, 3.05) is 6.61 Å². The first-order valence-corrected chi connectivity index (χ1v) is 23.8. The van der Waals surface area contributed by atoms with Gasteiger partial charge in [-0.05, 0) is 136 Å². The molecule has 0 aromatic carbocycles. The fourth-order valence-corrected chi connectivity index (χ4v) is 11.9. The van der Waals surface area contributed by atoms with Gasteiger partial charge in [0.25, 0.3) is 0 Å². The van der Waals surface area contributed by atoms with E-state index >= 15 is 0 Å². The Morgan fingerprint density at radius 3 is 2.26 bits per heavy atom. The van der Waals surface area contributed by atoms with Crippen LogP contribution in [0.1, 0.15) is 177 Å². The first-order chi connectivity index (χ1) is 27.3. The van der Waals surface area contributed by atoms with Crippen molar-refractivity contribution in [1.29, 1.82) is 0 Å². The Labute approximate surface area is 347 Å². The van der Waals surface area contributed by atoms with E-state index < -0.39 is 30.7 Å². The molecule has 7 nitrogen and oxygen atoms in total. The SMILES string of the molecule is CCCCCC/C=C\CCCCCCCC(=O)OCC1OC(OC2CCC3(C)C(=CCC4C3CCC3(C)C(C(C)/C=C/C(C)C(C)C)CCC43)C2)C(O)C(O)C1O. The molecule has 14 atom stereocenters. The Bertz CT molecular complexity index is 1320. The molecule has 326 valence electrons. The highest BCUT2D eigenvalue weighted by Crippen LogP contribution is 2.67. The lowest BCUT2D eigenvalue weighted by atomic mass is 9.47. The summed E-state index contributed by atoms with van der Waals surface area (Å²) in [5.41, 5.74) is 2.05. The minimum atomic E-state index is -1.45. The van der Waals surface area contributed by atoms with Crippen molar-refractivity contribution in [1.82, 2.24) is 0 Å². The lowest BCUT2D eigenvalue weighted by Gasteiger charge is -2.58. The number of aliphatic hydroxyl groups excluding tert-OH is 3. The smallest absolute Gasteiger partial charge is 0.305 e. The van der Waals surface area contributed by atoms with Crippen molar-refractivity contribution < 1.29 is 34.3 Å². The Hall–Kier alpha value is -1.51. The van der Waals surface area contributed by atoms with E-state index in [9.17, 15) is 20.1 Å². The zero-order chi connectivity index (χ0) is 41.2. The second-order valence-electron chi connectivity index (χ2n) is 20.2. The zero-order valence-corrected chi connectivity index (χ0v) is 37.2. The first-order valence-electron chi connectivity index (χ1n) is 23.8. The zero-order valence-electron chi connectivity index (χ0n) is 37.2. The second-order valence-corrected chi connectivity index (χ2v) is 20.2. The van der Waals surface area contributed by atoms with Gasteiger partial charge in [-0.1, -0.05) is 123 Å². The summed E-state index contributed by atoms with van der Waals surface area (Å²) in [6.07, 6.45) is 27.9. The third kappa shape index (κ3) is 11.7. The van der Waals surface area contributed by atoms with Crippen LogP contribution in [0.5, 0.6) is 0 Å². The highest BCUT2D eigenvalue weighted by Gasteiger charge is 2.59. The third-order valence-corrected chi connectivity index (χ3v) is 16.1. The lowest BCUT2D eigenvalue weighted by molar-refractivity contribution is -0.313. The number of hydrogen-bond donors (Lipinski definition) is 3. The van der Waals surface area contributed by atoms with E-state index in [4.69, 9.17) is 14.2 Å². The fraction of sp³-hybridized carbons (Fsp3) is 0.860. The van der Waals surface area contributed by atoms with Gasteiger partial charge >= 0.3 is 5.97 Å².